The van der Waals surface area contributed by atoms with E-state index in [1.165, 1.54) is 0 Å². The van der Waals surface area contributed by atoms with Crippen molar-refractivity contribution in [3.63, 3.8) is 0 Å². The van der Waals surface area contributed by atoms with Crippen LogP contribution in [0, 0.1) is 11.3 Å². The molecule has 0 aromatic heterocycles. The summed E-state index contributed by atoms with van der Waals surface area (Å²) < 4.78 is 22.4. The fourth-order valence-electron chi connectivity index (χ4n) is 3.95. The highest BCUT2D eigenvalue weighted by molar-refractivity contribution is 8.18. The van der Waals surface area contributed by atoms with Gasteiger partial charge < -0.3 is 18.9 Å². The molecule has 0 unspecified atom stereocenters. The van der Waals surface area contributed by atoms with E-state index in [2.05, 4.69) is 6.07 Å². The average Bonchev–Trinajstić information content (AvgIpc) is 3.47. The Bertz CT molecular complexity index is 1500. The van der Waals surface area contributed by atoms with Gasteiger partial charge in [0.1, 0.15) is 6.61 Å². The Kier molecular flexibility index (Phi) is 7.45. The zero-order valence-electron chi connectivity index (χ0n) is 20.2. The second-order valence-electron chi connectivity index (χ2n) is 8.26. The lowest BCUT2D eigenvalue weighted by Crippen LogP contribution is -2.27. The highest BCUT2D eigenvalue weighted by Gasteiger charge is 2.35. The molecule has 10 heteroatoms. The number of amides is 2. The summed E-state index contributed by atoms with van der Waals surface area (Å²) in [5.41, 5.74) is 2.56. The Hall–Kier alpha value is -4.13. The van der Waals surface area contributed by atoms with Gasteiger partial charge in [-0.2, -0.15) is 5.26 Å². The topological polar surface area (TPSA) is 98.1 Å². The third-order valence-corrected chi connectivity index (χ3v) is 7.09. The van der Waals surface area contributed by atoms with Crippen molar-refractivity contribution in [3.8, 4) is 29.1 Å². The monoisotopic (exact) mass is 548 g/mol. The molecule has 0 saturated carbocycles. The maximum Gasteiger partial charge on any atom is 0.293 e. The fourth-order valence-corrected chi connectivity index (χ4v) is 5.00. The van der Waals surface area contributed by atoms with Gasteiger partial charge in [-0.15, -0.1) is 0 Å². The van der Waals surface area contributed by atoms with E-state index in [4.69, 9.17) is 30.5 Å². The Morgan fingerprint density at radius 1 is 1.05 bits per heavy atom. The maximum atomic E-state index is 13.1. The molecule has 0 radical (unpaired) electrons. The molecule has 2 heterocycles. The largest absolute Gasteiger partial charge is 0.490 e. The van der Waals surface area contributed by atoms with E-state index in [1.54, 1.807) is 48.5 Å². The Labute approximate surface area is 228 Å². The second-order valence-corrected chi connectivity index (χ2v) is 9.66. The Morgan fingerprint density at radius 3 is 2.63 bits per heavy atom. The summed E-state index contributed by atoms with van der Waals surface area (Å²) in [5.74, 6) is 1.62. The highest BCUT2D eigenvalue weighted by Crippen LogP contribution is 2.40. The molecule has 38 heavy (non-hydrogen) atoms. The highest BCUT2D eigenvalue weighted by atomic mass is 35.5. The molecule has 1 saturated heterocycles. The summed E-state index contributed by atoms with van der Waals surface area (Å²) in [4.78, 5) is 27.2. The lowest BCUT2D eigenvalue weighted by Gasteiger charge is -2.14. The quantitative estimate of drug-likeness (QED) is 0.309. The van der Waals surface area contributed by atoms with Gasteiger partial charge in [-0.05, 0) is 60.2 Å². The molecule has 1 fully saturated rings. The van der Waals surface area contributed by atoms with Crippen molar-refractivity contribution in [2.75, 3.05) is 13.4 Å². The third kappa shape index (κ3) is 5.28. The molecule has 5 rings (SSSR count). The van der Waals surface area contributed by atoms with Crippen LogP contribution in [-0.4, -0.2) is 29.4 Å². The standard InChI is InChI=1S/C28H21ClN2O6S/c1-2-34-23-9-17(7-8-22(23)35-15-19-6-4-3-5-18(19)13-30)10-26-27(32)31(28(33)38-26)14-20-11-24-25(12-21(20)29)37-16-36-24/h3-12H,2,14-16H2,1H3/b26-10+. The van der Waals surface area contributed by atoms with E-state index in [-0.39, 0.29) is 24.8 Å². The molecule has 0 aliphatic carbocycles. The number of hydrogen-bond acceptors (Lipinski definition) is 8. The van der Waals surface area contributed by atoms with E-state index in [1.807, 2.05) is 19.1 Å². The van der Waals surface area contributed by atoms with Crippen LogP contribution in [-0.2, 0) is 17.9 Å². The van der Waals surface area contributed by atoms with Gasteiger partial charge in [0.05, 0.1) is 29.7 Å². The van der Waals surface area contributed by atoms with Gasteiger partial charge in [0.25, 0.3) is 11.1 Å². The van der Waals surface area contributed by atoms with Crippen molar-refractivity contribution in [2.24, 2.45) is 0 Å². The molecular weight excluding hydrogens is 528 g/mol. The van der Waals surface area contributed by atoms with Crippen molar-refractivity contribution >= 4 is 40.6 Å². The van der Waals surface area contributed by atoms with E-state index in [0.29, 0.717) is 51.3 Å². The van der Waals surface area contributed by atoms with Crippen LogP contribution in [0.3, 0.4) is 0 Å². The van der Waals surface area contributed by atoms with Gasteiger partial charge in [-0.3, -0.25) is 14.5 Å². The number of halogens is 1. The Morgan fingerprint density at radius 2 is 1.84 bits per heavy atom. The summed E-state index contributed by atoms with van der Waals surface area (Å²) in [6.45, 7) is 2.57. The molecule has 192 valence electrons. The summed E-state index contributed by atoms with van der Waals surface area (Å²) >= 11 is 7.20. The van der Waals surface area contributed by atoms with Crippen LogP contribution in [0.25, 0.3) is 6.08 Å². The van der Waals surface area contributed by atoms with Gasteiger partial charge >= 0.3 is 0 Å². The molecule has 2 amide bonds. The van der Waals surface area contributed by atoms with Crippen molar-refractivity contribution < 1.29 is 28.5 Å². The number of imide groups is 1. The number of nitriles is 1. The molecule has 8 nitrogen and oxygen atoms in total. The van der Waals surface area contributed by atoms with E-state index >= 15 is 0 Å². The molecule has 0 bridgehead atoms. The first-order valence-corrected chi connectivity index (χ1v) is 12.9. The summed E-state index contributed by atoms with van der Waals surface area (Å²) in [7, 11) is 0. The minimum absolute atomic E-state index is 0.0125. The van der Waals surface area contributed by atoms with Gasteiger partial charge in [-0.25, -0.2) is 0 Å². The number of thioether (sulfide) groups is 1. The molecular formula is C28H21ClN2O6S. The van der Waals surface area contributed by atoms with Gasteiger partial charge in [-0.1, -0.05) is 35.9 Å². The number of ether oxygens (including phenoxy) is 4. The smallest absolute Gasteiger partial charge is 0.293 e. The average molecular weight is 549 g/mol. The number of hydrogen-bond donors (Lipinski definition) is 0. The number of benzene rings is 3. The minimum Gasteiger partial charge on any atom is -0.490 e. The molecule has 2 aliphatic rings. The maximum absolute atomic E-state index is 13.1. The normalized spacial score (nSPS) is 15.2. The molecule has 2 aliphatic heterocycles. The van der Waals surface area contributed by atoms with Gasteiger partial charge in [0.15, 0.2) is 23.0 Å². The van der Waals surface area contributed by atoms with Crippen molar-refractivity contribution in [2.45, 2.75) is 20.1 Å². The number of fused-ring (bicyclic) bond motifs is 1. The molecule has 3 aromatic carbocycles. The minimum atomic E-state index is -0.417. The van der Waals surface area contributed by atoms with Gasteiger partial charge in [0.2, 0.25) is 6.79 Å². The van der Waals surface area contributed by atoms with Crippen LogP contribution in [0.4, 0.5) is 4.79 Å². The predicted molar refractivity (Wildman–Crippen MR) is 142 cm³/mol. The first kappa shape index (κ1) is 25.5. The van der Waals surface area contributed by atoms with E-state index in [0.717, 1.165) is 22.2 Å². The molecule has 0 atom stereocenters. The third-order valence-electron chi connectivity index (χ3n) is 5.83. The molecule has 0 N–H and O–H groups in total. The number of carbonyl (C=O) groups excluding carboxylic acids is 2. The number of carbonyl (C=O) groups is 2. The fraction of sp³-hybridized carbons (Fsp3) is 0.179. The number of nitrogens with zero attached hydrogens (tertiary/aromatic N) is 2. The zero-order valence-corrected chi connectivity index (χ0v) is 21.8. The van der Waals surface area contributed by atoms with Crippen LogP contribution < -0.4 is 18.9 Å². The van der Waals surface area contributed by atoms with E-state index in [9.17, 15) is 14.9 Å². The summed E-state index contributed by atoms with van der Waals surface area (Å²) in [6, 6.07) is 17.9. The molecule has 0 spiro atoms. The van der Waals surface area contributed by atoms with Crippen molar-refractivity contribution in [1.82, 2.24) is 4.90 Å². The first-order valence-electron chi connectivity index (χ1n) is 11.7. The van der Waals surface area contributed by atoms with Crippen LogP contribution in [0.5, 0.6) is 23.0 Å². The lowest BCUT2D eigenvalue weighted by molar-refractivity contribution is -0.123. The van der Waals surface area contributed by atoms with Crippen molar-refractivity contribution in [3.05, 3.63) is 86.8 Å². The lowest BCUT2D eigenvalue weighted by atomic mass is 10.1. The van der Waals surface area contributed by atoms with Crippen LogP contribution >= 0.6 is 23.4 Å². The summed E-state index contributed by atoms with van der Waals surface area (Å²) in [5, 5.41) is 9.30. The number of rotatable bonds is 8. The second kappa shape index (κ2) is 11.1. The predicted octanol–water partition coefficient (Wildman–Crippen LogP) is 6.15. The molecule has 3 aromatic rings. The van der Waals surface area contributed by atoms with E-state index < -0.39 is 11.1 Å². The first-order chi connectivity index (χ1) is 18.5. The van der Waals surface area contributed by atoms with Crippen molar-refractivity contribution in [1.29, 1.82) is 5.26 Å². The van der Waals surface area contributed by atoms with Gasteiger partial charge in [0, 0.05) is 16.7 Å². The Balaban J connectivity index is 1.33. The van der Waals surface area contributed by atoms with Crippen LogP contribution in [0.2, 0.25) is 5.02 Å². The van der Waals surface area contributed by atoms with Crippen LogP contribution in [0.15, 0.2) is 59.5 Å². The zero-order chi connectivity index (χ0) is 26.6. The SMILES string of the molecule is CCOc1cc(/C=C2/SC(=O)N(Cc3cc4c(cc3Cl)OCO4)C2=O)ccc1OCc1ccccc1C#N. The summed E-state index contributed by atoms with van der Waals surface area (Å²) in [6.07, 6.45) is 1.64. The van der Waals surface area contributed by atoms with Crippen LogP contribution in [0.1, 0.15) is 29.2 Å².